The number of aromatic nitrogens is 2. The van der Waals surface area contributed by atoms with E-state index in [0.29, 0.717) is 0 Å². The van der Waals surface area contributed by atoms with E-state index in [2.05, 4.69) is 163 Å². The largest absolute Gasteiger partial charge is 0.469 e. The van der Waals surface area contributed by atoms with Crippen LogP contribution in [0.4, 0.5) is 0 Å². The monoisotopic (exact) mass is 1070 g/mol. The summed E-state index contributed by atoms with van der Waals surface area (Å²) in [7, 11) is 7.25. The predicted octanol–water partition coefficient (Wildman–Crippen LogP) is 15.2. The van der Waals surface area contributed by atoms with Crippen molar-refractivity contribution in [3.05, 3.63) is 164 Å². The van der Waals surface area contributed by atoms with Crippen LogP contribution in [0.3, 0.4) is 0 Å². The van der Waals surface area contributed by atoms with Gasteiger partial charge in [0.05, 0.1) is 37.4 Å². The normalized spacial score (nSPS) is 16.1. The predicted molar refractivity (Wildman–Crippen MR) is 277 cm³/mol. The van der Waals surface area contributed by atoms with Crippen molar-refractivity contribution in [2.45, 2.75) is 136 Å². The van der Waals surface area contributed by atoms with Gasteiger partial charge < -0.3 is 13.6 Å². The van der Waals surface area contributed by atoms with Crippen molar-refractivity contribution in [1.82, 2.24) is 0 Å². The van der Waals surface area contributed by atoms with E-state index < -0.39 is 8.07 Å². The van der Waals surface area contributed by atoms with E-state index in [9.17, 15) is 0 Å². The number of nitrogens with zero attached hydrogens (tertiary/aromatic N) is 2. The van der Waals surface area contributed by atoms with Gasteiger partial charge in [-0.25, -0.2) is 0 Å². The molecular weight excluding hydrogens is 997 g/mol. The van der Waals surface area contributed by atoms with E-state index in [4.69, 9.17) is 4.42 Å². The quantitative estimate of drug-likeness (QED) is 0.0802. The third-order valence-corrected chi connectivity index (χ3v) is 17.4. The molecule has 0 spiro atoms. The van der Waals surface area contributed by atoms with Gasteiger partial charge in [-0.15, -0.1) is 34.9 Å². The summed E-state index contributed by atoms with van der Waals surface area (Å²) in [6.07, 6.45) is 24.7. The number of benzene rings is 4. The fourth-order valence-corrected chi connectivity index (χ4v) is 13.5. The fraction of sp³-hybridized carbons (Fsp3) is 0.377. The molecule has 7 aromatic rings. The van der Waals surface area contributed by atoms with Gasteiger partial charge in [-0.3, -0.25) is 0 Å². The van der Waals surface area contributed by atoms with Crippen molar-refractivity contribution in [2.24, 2.45) is 11.8 Å². The summed E-state index contributed by atoms with van der Waals surface area (Å²) in [6.45, 7) is 20.6. The molecule has 3 aromatic heterocycles. The molecule has 5 heteroatoms. The molecule has 66 heavy (non-hydrogen) atoms. The van der Waals surface area contributed by atoms with Crippen LogP contribution in [-0.2, 0) is 32.9 Å². The number of pyridine rings is 2. The molecule has 3 aliphatic carbocycles. The molecule has 10 rings (SSSR count). The summed E-state index contributed by atoms with van der Waals surface area (Å²) < 4.78 is 10.4. The van der Waals surface area contributed by atoms with E-state index in [1.807, 2.05) is 4.57 Å². The van der Waals surface area contributed by atoms with Gasteiger partial charge in [0.25, 0.3) is 0 Å². The third kappa shape index (κ3) is 10.2. The number of fused-ring (bicyclic) bond motifs is 3. The number of hydrogen-bond acceptors (Lipinski definition) is 1. The maximum absolute atomic E-state index is 6.35. The van der Waals surface area contributed by atoms with Gasteiger partial charge >= 0.3 is 0 Å². The first-order chi connectivity index (χ1) is 31.3. The SMILES string of the molecule is [CH2-]c1cc(C2CCCCC2)ccc1-c1cc(CC2CCCC2)c([Si](C)(C)C)c[n+]1[CH2-].[CH2-]c1cc2oc3cc(-c4c(C)cccc4C)ccc3c2cc1-c1cc(CC2CCCC2)cc[n+]1[CH2-].[Ir]. The van der Waals surface area contributed by atoms with Gasteiger partial charge in [-0.05, 0) is 96.9 Å². The minimum Gasteiger partial charge on any atom is -0.469 e. The van der Waals surface area contributed by atoms with E-state index >= 15 is 0 Å². The van der Waals surface area contributed by atoms with E-state index in [1.165, 1.54) is 135 Å². The van der Waals surface area contributed by atoms with Gasteiger partial charge in [-0.1, -0.05) is 150 Å². The molecule has 1 radical (unpaired) electrons. The Morgan fingerprint density at radius 1 is 0.606 bits per heavy atom. The maximum Gasteiger partial charge on any atom is 0.134 e. The average Bonchev–Trinajstić information content (AvgIpc) is 4.07. The van der Waals surface area contributed by atoms with E-state index in [0.717, 1.165) is 68.5 Å². The molecule has 0 amide bonds. The summed E-state index contributed by atoms with van der Waals surface area (Å²) >= 11 is 0. The first-order valence-electron chi connectivity index (χ1n) is 24.9. The molecule has 3 fully saturated rings. The van der Waals surface area contributed by atoms with Crippen LogP contribution in [0.15, 0.2) is 102 Å². The van der Waals surface area contributed by atoms with Gasteiger partial charge in [0, 0.05) is 45.0 Å². The molecular formula is C61H72IrN2OSi-2. The van der Waals surface area contributed by atoms with Crippen molar-refractivity contribution < 1.29 is 33.7 Å². The molecule has 0 atom stereocenters. The molecule has 347 valence electrons. The zero-order valence-corrected chi connectivity index (χ0v) is 43.9. The molecule has 0 N–H and O–H groups in total. The van der Waals surface area contributed by atoms with Crippen LogP contribution in [0.1, 0.15) is 128 Å². The minimum absolute atomic E-state index is 0. The van der Waals surface area contributed by atoms with Crippen LogP contribution in [0, 0.1) is 53.6 Å². The van der Waals surface area contributed by atoms with Crippen molar-refractivity contribution in [3.63, 3.8) is 0 Å². The standard InChI is InChI=1S/C33H32NO.C28H40NSi.Ir/c1-21-8-7-9-22(2)33(21)26-12-13-27-29-20-28(23(3)16-31(29)35-32(27)19-26)30-18-25(14-15-34(30)4)17-24-10-5-6-11-24;1-21-17-24(23-13-7-6-8-14-23)15-16-26(21)27-19-25(18-22-11-9-10-12-22)28(20-29(27)2)30(3,4)5;/h7-9,12-16,18-20,24H,3-6,10-11,17H2,1-2H3;15-17,19-20,22-23H,1-2,6-14,18H2,3-5H3;/q2*-1;. The molecule has 0 aliphatic heterocycles. The Bertz CT molecular complexity index is 2810. The zero-order valence-electron chi connectivity index (χ0n) is 40.5. The van der Waals surface area contributed by atoms with Crippen LogP contribution in [0.25, 0.3) is 55.6 Å². The summed E-state index contributed by atoms with van der Waals surface area (Å²) in [6, 6.07) is 31.4. The Balaban J connectivity index is 0.000000179. The zero-order chi connectivity index (χ0) is 45.4. The van der Waals surface area contributed by atoms with Crippen LogP contribution < -0.4 is 14.3 Å². The smallest absolute Gasteiger partial charge is 0.134 e. The van der Waals surface area contributed by atoms with Crippen molar-refractivity contribution in [2.75, 3.05) is 0 Å². The first-order valence-corrected chi connectivity index (χ1v) is 28.4. The number of aryl methyl sites for hydroxylation is 2. The van der Waals surface area contributed by atoms with Gasteiger partial charge in [0.1, 0.15) is 5.58 Å². The minimum atomic E-state index is -1.43. The van der Waals surface area contributed by atoms with Crippen LogP contribution in [0.5, 0.6) is 0 Å². The van der Waals surface area contributed by atoms with Gasteiger partial charge in [0.2, 0.25) is 0 Å². The van der Waals surface area contributed by atoms with Gasteiger partial charge in [-0.2, -0.15) is 31.0 Å². The Hall–Kier alpha value is -4.67. The van der Waals surface area contributed by atoms with E-state index in [-0.39, 0.29) is 20.1 Å². The fourth-order valence-electron chi connectivity index (χ4n) is 11.8. The Morgan fingerprint density at radius 3 is 1.89 bits per heavy atom. The second kappa shape index (κ2) is 20.3. The topological polar surface area (TPSA) is 20.9 Å². The van der Waals surface area contributed by atoms with Crippen molar-refractivity contribution in [1.29, 1.82) is 0 Å². The van der Waals surface area contributed by atoms with Crippen molar-refractivity contribution >= 4 is 35.2 Å². The number of rotatable bonds is 9. The maximum atomic E-state index is 6.35. The summed E-state index contributed by atoms with van der Waals surface area (Å²) in [5, 5.41) is 3.84. The average molecular weight is 1070 g/mol. The Morgan fingerprint density at radius 2 is 1.23 bits per heavy atom. The van der Waals surface area contributed by atoms with Crippen LogP contribution >= 0.6 is 0 Å². The summed E-state index contributed by atoms with van der Waals surface area (Å²) in [5.41, 5.74) is 18.1. The summed E-state index contributed by atoms with van der Waals surface area (Å²) in [5.74, 6) is 2.41. The Labute approximate surface area is 411 Å². The molecule has 3 aliphatic rings. The summed E-state index contributed by atoms with van der Waals surface area (Å²) in [4.78, 5) is 0. The molecule has 0 unspecified atom stereocenters. The molecule has 3 heterocycles. The second-order valence-electron chi connectivity index (χ2n) is 21.3. The molecule has 0 bridgehead atoms. The van der Waals surface area contributed by atoms with Crippen LogP contribution in [-0.4, -0.2) is 8.07 Å². The molecule has 4 aromatic carbocycles. The number of furan rings is 1. The number of hydrogen-bond donors (Lipinski definition) is 0. The van der Waals surface area contributed by atoms with Crippen LogP contribution in [0.2, 0.25) is 19.6 Å². The Kier molecular flexibility index (Phi) is 14.7. The first kappa shape index (κ1) is 47.8. The van der Waals surface area contributed by atoms with E-state index in [1.54, 1.807) is 10.8 Å². The molecule has 0 saturated heterocycles. The van der Waals surface area contributed by atoms with Gasteiger partial charge in [0.15, 0.2) is 0 Å². The third-order valence-electron chi connectivity index (χ3n) is 15.4. The molecule has 3 nitrogen and oxygen atoms in total. The van der Waals surface area contributed by atoms with Crippen molar-refractivity contribution in [3.8, 4) is 33.6 Å². The second-order valence-corrected chi connectivity index (χ2v) is 26.3. The molecule has 3 saturated carbocycles.